The van der Waals surface area contributed by atoms with Crippen molar-refractivity contribution in [1.82, 2.24) is 40.4 Å². The first kappa shape index (κ1) is 41.2. The number of alkyl carbamates (subject to hydrolysis) is 2. The number of hydrogen-bond donors (Lipinski definition) is 4. The minimum atomic E-state index is -0.685. The third kappa shape index (κ3) is 7.68. The van der Waals surface area contributed by atoms with E-state index in [0.29, 0.717) is 12.5 Å². The van der Waals surface area contributed by atoms with E-state index in [2.05, 4.69) is 81.3 Å². The fraction of sp³-hybridized carbons (Fsp3) is 0.458. The standard InChI is InChI=1S/C48H56N8O6/c1-26(2)39(53-46(59)61-5)44(57)55-25-48(19-20-48)23-38(55)42-49-24-37(52-42)31-13-11-29(12-14-31)28-7-9-30(10-8-28)32-16-18-35-36(22-32)51-43(50-35)41-33-15-17-34(21-33)56(41)45(58)40(27(3)4)54-47(60)62-6/h7-14,16,18,22,24,26-27,33-34,38-41H,15,17,19-21,23,25H2,1-6H3,(H,49,52)(H,50,51)(H,53,59)(H,54,60)/t33-,34-,38+,39+,40+,41+/m1/s1. The van der Waals surface area contributed by atoms with Crippen molar-refractivity contribution in [3.05, 3.63) is 84.6 Å². The fourth-order valence-electron chi connectivity index (χ4n) is 10.2. The number of H-pyrrole nitrogens is 2. The Labute approximate surface area is 361 Å². The number of rotatable bonds is 11. The second-order valence-electron chi connectivity index (χ2n) is 18.5. The molecule has 0 unspecified atom stereocenters. The van der Waals surface area contributed by atoms with Crippen molar-refractivity contribution in [2.75, 3.05) is 20.8 Å². The van der Waals surface area contributed by atoms with Crippen LogP contribution in [-0.4, -0.2) is 92.6 Å². The topological polar surface area (TPSA) is 175 Å². The third-order valence-electron chi connectivity index (χ3n) is 13.8. The number of nitrogens with zero attached hydrogens (tertiary/aromatic N) is 4. The van der Waals surface area contributed by atoms with Crippen molar-refractivity contribution in [2.45, 2.75) is 96.4 Å². The Hall–Kier alpha value is -6.18. The van der Waals surface area contributed by atoms with Gasteiger partial charge in [0.15, 0.2) is 0 Å². The van der Waals surface area contributed by atoms with Crippen molar-refractivity contribution in [1.29, 1.82) is 0 Å². The van der Waals surface area contributed by atoms with Crippen LogP contribution < -0.4 is 10.6 Å². The number of carbonyl (C=O) groups is 4. The van der Waals surface area contributed by atoms with Crippen LogP contribution in [0.15, 0.2) is 72.9 Å². The number of ether oxygens (including phenoxy) is 2. The maximum Gasteiger partial charge on any atom is 0.407 e. The monoisotopic (exact) mass is 840 g/mol. The molecule has 324 valence electrons. The Morgan fingerprint density at radius 3 is 1.92 bits per heavy atom. The summed E-state index contributed by atoms with van der Waals surface area (Å²) in [7, 11) is 2.62. The molecule has 4 amide bonds. The largest absolute Gasteiger partial charge is 0.453 e. The van der Waals surface area contributed by atoms with Gasteiger partial charge in [0, 0.05) is 12.6 Å². The van der Waals surface area contributed by atoms with Gasteiger partial charge < -0.3 is 39.9 Å². The van der Waals surface area contributed by atoms with Crippen LogP contribution in [0.5, 0.6) is 0 Å². The molecule has 4 fully saturated rings. The van der Waals surface area contributed by atoms with E-state index < -0.39 is 24.3 Å². The van der Waals surface area contributed by atoms with Gasteiger partial charge in [-0.25, -0.2) is 19.6 Å². The summed E-state index contributed by atoms with van der Waals surface area (Å²) in [5.74, 6) is 1.45. The van der Waals surface area contributed by atoms with Gasteiger partial charge in [-0.2, -0.15) is 0 Å². The zero-order valence-electron chi connectivity index (χ0n) is 36.2. The highest BCUT2D eigenvalue weighted by Gasteiger charge is 2.55. The summed E-state index contributed by atoms with van der Waals surface area (Å²) in [4.78, 5) is 72.9. The van der Waals surface area contributed by atoms with E-state index in [1.54, 1.807) is 0 Å². The molecule has 4 N–H and O–H groups in total. The summed E-state index contributed by atoms with van der Waals surface area (Å²) in [6.45, 7) is 8.38. The van der Waals surface area contributed by atoms with Crippen LogP contribution in [0.25, 0.3) is 44.5 Å². The number of aromatic amines is 2. The van der Waals surface area contributed by atoms with E-state index in [-0.39, 0.29) is 47.2 Å². The molecule has 2 aromatic heterocycles. The molecule has 14 heteroatoms. The number of piperidine rings is 1. The lowest BCUT2D eigenvalue weighted by molar-refractivity contribution is -0.139. The quantitative estimate of drug-likeness (QED) is 0.103. The van der Waals surface area contributed by atoms with Crippen LogP contribution in [0.3, 0.4) is 0 Å². The smallest absolute Gasteiger partial charge is 0.407 e. The fourth-order valence-corrected chi connectivity index (χ4v) is 10.2. The highest BCUT2D eigenvalue weighted by molar-refractivity contribution is 5.88. The van der Waals surface area contributed by atoms with Gasteiger partial charge in [0.1, 0.15) is 23.7 Å². The van der Waals surface area contributed by atoms with Crippen LogP contribution in [0, 0.1) is 23.2 Å². The van der Waals surface area contributed by atoms with Gasteiger partial charge in [0.25, 0.3) is 0 Å². The number of likely N-dealkylation sites (tertiary alicyclic amines) is 2. The molecule has 2 aliphatic heterocycles. The van der Waals surface area contributed by atoms with Crippen molar-refractivity contribution < 1.29 is 28.7 Å². The van der Waals surface area contributed by atoms with Gasteiger partial charge in [-0.15, -0.1) is 0 Å². The Morgan fingerprint density at radius 1 is 0.742 bits per heavy atom. The number of nitrogens with one attached hydrogen (secondary N) is 4. The predicted molar refractivity (Wildman–Crippen MR) is 234 cm³/mol. The average molecular weight is 841 g/mol. The lowest BCUT2D eigenvalue weighted by Crippen LogP contribution is -2.54. The van der Waals surface area contributed by atoms with E-state index in [4.69, 9.17) is 19.4 Å². The maximum atomic E-state index is 14.0. The SMILES string of the molecule is COC(=O)N[C@H](C(=O)N1CC2(CC2)C[C@H]1c1ncc(-c2ccc(-c3ccc(-c4ccc5nc([C@@H]6[C@@H]7CC[C@H](C7)N6C(=O)[C@@H](NC(=O)OC)C(C)C)[nH]c5c4)cc3)cc2)[nH]1)C(C)C. The first-order valence-electron chi connectivity index (χ1n) is 21.9. The average Bonchev–Trinajstić information content (AvgIpc) is 3.88. The predicted octanol–water partition coefficient (Wildman–Crippen LogP) is 8.15. The van der Waals surface area contributed by atoms with Crippen LogP contribution in [0.4, 0.5) is 9.59 Å². The molecule has 9 rings (SSSR count). The van der Waals surface area contributed by atoms with Gasteiger partial charge in [-0.05, 0) is 102 Å². The molecule has 4 aliphatic rings. The molecular formula is C48H56N8O6. The molecule has 4 heterocycles. The number of hydrogen-bond acceptors (Lipinski definition) is 8. The number of benzene rings is 3. The van der Waals surface area contributed by atoms with E-state index in [1.807, 2.05) is 49.8 Å². The highest BCUT2D eigenvalue weighted by Crippen LogP contribution is 2.58. The maximum absolute atomic E-state index is 14.0. The Kier molecular flexibility index (Phi) is 10.8. The molecule has 5 aromatic rings. The normalized spacial score (nSPS) is 22.1. The van der Waals surface area contributed by atoms with Crippen molar-refractivity contribution >= 4 is 35.0 Å². The minimum Gasteiger partial charge on any atom is -0.453 e. The second kappa shape index (κ2) is 16.3. The summed E-state index contributed by atoms with van der Waals surface area (Å²) < 4.78 is 9.66. The van der Waals surface area contributed by atoms with E-state index >= 15 is 0 Å². The number of imidazole rings is 2. The Morgan fingerprint density at radius 2 is 1.32 bits per heavy atom. The number of methoxy groups -OCH3 is 2. The first-order valence-corrected chi connectivity index (χ1v) is 21.9. The number of fused-ring (bicyclic) bond motifs is 3. The lowest BCUT2D eigenvalue weighted by Gasteiger charge is -2.37. The van der Waals surface area contributed by atoms with E-state index in [0.717, 1.165) is 94.7 Å². The van der Waals surface area contributed by atoms with E-state index in [9.17, 15) is 19.2 Å². The number of amides is 4. The molecule has 1 spiro atoms. The second-order valence-corrected chi connectivity index (χ2v) is 18.5. The molecule has 2 aliphatic carbocycles. The highest BCUT2D eigenvalue weighted by atomic mass is 16.5. The minimum absolute atomic E-state index is 0.0889. The van der Waals surface area contributed by atoms with Crippen LogP contribution in [-0.2, 0) is 19.1 Å². The lowest BCUT2D eigenvalue weighted by atomic mass is 9.95. The van der Waals surface area contributed by atoms with Gasteiger partial charge in [0.2, 0.25) is 11.8 Å². The van der Waals surface area contributed by atoms with Gasteiger partial charge in [-0.1, -0.05) is 82.3 Å². The van der Waals surface area contributed by atoms with Crippen molar-refractivity contribution in [2.24, 2.45) is 23.2 Å². The summed E-state index contributed by atoms with van der Waals surface area (Å²) in [6, 6.07) is 21.5. The molecular weight excluding hydrogens is 785 g/mol. The Bertz CT molecular complexity index is 2490. The molecule has 3 aromatic carbocycles. The van der Waals surface area contributed by atoms with Gasteiger partial charge >= 0.3 is 12.2 Å². The first-order chi connectivity index (χ1) is 29.8. The zero-order chi connectivity index (χ0) is 43.4. The molecule has 14 nitrogen and oxygen atoms in total. The molecule has 2 bridgehead atoms. The third-order valence-corrected chi connectivity index (χ3v) is 13.8. The molecule has 62 heavy (non-hydrogen) atoms. The number of carbonyl (C=O) groups excluding carboxylic acids is 4. The van der Waals surface area contributed by atoms with Crippen molar-refractivity contribution in [3.63, 3.8) is 0 Å². The molecule has 6 atom stereocenters. The molecule has 2 saturated carbocycles. The van der Waals surface area contributed by atoms with Gasteiger partial charge in [-0.3, -0.25) is 9.59 Å². The summed E-state index contributed by atoms with van der Waals surface area (Å²) in [5.41, 5.74) is 8.07. The summed E-state index contributed by atoms with van der Waals surface area (Å²) in [6.07, 6.45) is 6.57. The Balaban J connectivity index is 0.888. The van der Waals surface area contributed by atoms with Crippen LogP contribution in [0.2, 0.25) is 0 Å². The number of aromatic nitrogens is 4. The zero-order valence-corrected chi connectivity index (χ0v) is 36.2. The molecule has 2 saturated heterocycles. The summed E-state index contributed by atoms with van der Waals surface area (Å²) >= 11 is 0. The van der Waals surface area contributed by atoms with Crippen LogP contribution in [0.1, 0.15) is 90.0 Å². The van der Waals surface area contributed by atoms with Crippen LogP contribution >= 0.6 is 0 Å². The summed E-state index contributed by atoms with van der Waals surface area (Å²) in [5, 5.41) is 5.52. The van der Waals surface area contributed by atoms with Gasteiger partial charge in [0.05, 0.1) is 49.2 Å². The molecule has 0 radical (unpaired) electrons. The van der Waals surface area contributed by atoms with Crippen molar-refractivity contribution in [3.8, 4) is 33.5 Å². The van der Waals surface area contributed by atoms with E-state index in [1.165, 1.54) is 14.2 Å².